The van der Waals surface area contributed by atoms with Crippen molar-refractivity contribution in [2.75, 3.05) is 0 Å². The van der Waals surface area contributed by atoms with E-state index in [1.54, 1.807) is 24.3 Å². The Morgan fingerprint density at radius 1 is 1.09 bits per heavy atom. The lowest BCUT2D eigenvalue weighted by Gasteiger charge is -2.38. The van der Waals surface area contributed by atoms with Crippen molar-refractivity contribution in [2.24, 2.45) is 5.73 Å². The van der Waals surface area contributed by atoms with Gasteiger partial charge in [0, 0.05) is 29.3 Å². The summed E-state index contributed by atoms with van der Waals surface area (Å²) in [5.74, 6) is -1.62. The first kappa shape index (κ1) is 30.1. The van der Waals surface area contributed by atoms with Gasteiger partial charge in [-0.2, -0.15) is 5.26 Å². The number of nitrogens with zero attached hydrogens (tertiary/aromatic N) is 5. The summed E-state index contributed by atoms with van der Waals surface area (Å²) in [6, 6.07) is 12.6. The number of amides is 1. The fraction of sp³-hybridized carbons (Fsp3) is 0.394. The molecule has 1 aromatic heterocycles. The summed E-state index contributed by atoms with van der Waals surface area (Å²) < 4.78 is 32.5. The summed E-state index contributed by atoms with van der Waals surface area (Å²) in [7, 11) is 0. The van der Waals surface area contributed by atoms with Crippen LogP contribution in [0, 0.1) is 23.0 Å². The molecule has 8 nitrogen and oxygen atoms in total. The molecule has 44 heavy (non-hydrogen) atoms. The van der Waals surface area contributed by atoms with E-state index in [0.717, 1.165) is 25.7 Å². The molecule has 2 aliphatic rings. The molecule has 4 aromatic rings. The lowest BCUT2D eigenvalue weighted by Crippen LogP contribution is -2.50. The number of hydrogen-bond donors (Lipinski definition) is 2. The third kappa shape index (κ3) is 5.13. The van der Waals surface area contributed by atoms with Crippen molar-refractivity contribution >= 4 is 28.5 Å². The minimum atomic E-state index is -1.06. The molecule has 3 heterocycles. The van der Waals surface area contributed by atoms with Gasteiger partial charge >= 0.3 is 0 Å². The largest absolute Gasteiger partial charge is 0.388 e. The topological polar surface area (TPSA) is 121 Å². The molecule has 3 atom stereocenters. The van der Waals surface area contributed by atoms with Gasteiger partial charge in [0.05, 0.1) is 17.7 Å². The normalized spacial score (nSPS) is 19.9. The summed E-state index contributed by atoms with van der Waals surface area (Å²) >= 11 is 6.62. The summed E-state index contributed by atoms with van der Waals surface area (Å²) in [5.41, 5.74) is 7.22. The molecule has 3 aromatic carbocycles. The van der Waals surface area contributed by atoms with Crippen molar-refractivity contribution in [3.8, 4) is 28.3 Å². The summed E-state index contributed by atoms with van der Waals surface area (Å²) in [4.78, 5) is 15.8. The van der Waals surface area contributed by atoms with Crippen molar-refractivity contribution < 1.29 is 18.7 Å². The molecule has 2 fully saturated rings. The first-order valence-corrected chi connectivity index (χ1v) is 15.3. The minimum absolute atomic E-state index is 0.0612. The molecule has 3 N–H and O–H groups in total. The highest BCUT2D eigenvalue weighted by molar-refractivity contribution is 6.35. The Labute approximate surface area is 259 Å². The van der Waals surface area contributed by atoms with Crippen LogP contribution >= 0.6 is 11.6 Å². The Balaban J connectivity index is 1.48. The number of carbonyl (C=O) groups excluding carboxylic acids is 1. The Bertz CT molecular complexity index is 1800. The number of aliphatic hydroxyl groups is 1. The molecule has 228 valence electrons. The van der Waals surface area contributed by atoms with Gasteiger partial charge in [-0.05, 0) is 85.5 Å². The number of hydrogen-bond acceptors (Lipinski definition) is 6. The number of rotatable bonds is 7. The maximum atomic E-state index is 16.2. The van der Waals surface area contributed by atoms with Gasteiger partial charge in [-0.3, -0.25) is 4.79 Å². The average molecular weight is 619 g/mol. The van der Waals surface area contributed by atoms with E-state index in [1.165, 1.54) is 22.9 Å². The molecule has 2 saturated heterocycles. The first-order chi connectivity index (χ1) is 21.1. The third-order valence-electron chi connectivity index (χ3n) is 9.40. The van der Waals surface area contributed by atoms with Crippen LogP contribution in [0.3, 0.4) is 0 Å². The van der Waals surface area contributed by atoms with Crippen LogP contribution in [0.1, 0.15) is 68.3 Å². The number of benzene rings is 3. The smallest absolute Gasteiger partial charge is 0.254 e. The monoisotopic (exact) mass is 618 g/mol. The maximum absolute atomic E-state index is 16.2. The predicted molar refractivity (Wildman–Crippen MR) is 164 cm³/mol. The zero-order valence-corrected chi connectivity index (χ0v) is 25.3. The highest BCUT2D eigenvalue weighted by Crippen LogP contribution is 2.41. The van der Waals surface area contributed by atoms with E-state index in [2.05, 4.69) is 10.3 Å². The predicted octanol–water partition coefficient (Wildman–Crippen LogP) is 6.21. The lowest BCUT2D eigenvalue weighted by molar-refractivity contribution is 0.0125. The molecule has 0 radical (unpaired) electrons. The van der Waals surface area contributed by atoms with E-state index in [9.17, 15) is 19.6 Å². The number of nitrogens with two attached hydrogens (primary N) is 1. The van der Waals surface area contributed by atoms with Crippen LogP contribution in [-0.2, 0) is 6.54 Å². The molecule has 0 spiro atoms. The first-order valence-electron chi connectivity index (χ1n) is 14.9. The summed E-state index contributed by atoms with van der Waals surface area (Å²) in [6.07, 6.45) is 4.20. The highest BCUT2D eigenvalue weighted by Gasteiger charge is 2.42. The SMILES string of the molecule is CCC(O)(CC)Cn1nnc2cc(-c3ccc(C(=O)N4[C@@H]5CC[C@H]4C[C@@H](N)C5)cc3-c3ccc(C#N)c(F)c3)c(F)c(Cl)c21. The number of carbonyl (C=O) groups is 1. The van der Waals surface area contributed by atoms with E-state index in [1.807, 2.05) is 24.8 Å². The molecule has 1 amide bonds. The van der Waals surface area contributed by atoms with Crippen LogP contribution in [-0.4, -0.2) is 54.6 Å². The molecule has 0 aliphatic carbocycles. The van der Waals surface area contributed by atoms with Gasteiger partial charge < -0.3 is 15.7 Å². The standard InChI is InChI=1S/C33H33ClF2N6O2/c1-3-33(44,4-2)17-41-31-28(39-40-41)15-26(30(36)29(31)34)24-10-7-19(11-25(24)18-5-6-20(16-37)27(35)12-18)32(43)42-22-8-9-23(42)14-21(38)13-22/h5-7,10-12,15,21-23,44H,3-4,8-9,13-14,17,38H2,1-2H3/t21-,22+,23-. The van der Waals surface area contributed by atoms with Gasteiger partial charge in [-0.1, -0.05) is 42.8 Å². The van der Waals surface area contributed by atoms with Gasteiger partial charge in [0.1, 0.15) is 27.9 Å². The Morgan fingerprint density at radius 3 is 2.43 bits per heavy atom. The van der Waals surface area contributed by atoms with E-state index in [4.69, 9.17) is 17.3 Å². The molecule has 11 heteroatoms. The number of nitriles is 1. The fourth-order valence-electron chi connectivity index (χ4n) is 6.75. The molecule has 6 rings (SSSR count). The molecule has 2 bridgehead atoms. The summed E-state index contributed by atoms with van der Waals surface area (Å²) in [6.45, 7) is 3.80. The zero-order chi connectivity index (χ0) is 31.3. The van der Waals surface area contributed by atoms with Crippen molar-refractivity contribution in [3.63, 3.8) is 0 Å². The molecule has 0 saturated carbocycles. The van der Waals surface area contributed by atoms with Crippen LogP contribution in [0.5, 0.6) is 0 Å². The van der Waals surface area contributed by atoms with E-state index in [0.29, 0.717) is 40.6 Å². The highest BCUT2D eigenvalue weighted by atomic mass is 35.5. The number of aromatic nitrogens is 3. The van der Waals surface area contributed by atoms with E-state index in [-0.39, 0.29) is 52.2 Å². The third-order valence-corrected chi connectivity index (χ3v) is 9.75. The second-order valence-corrected chi connectivity index (χ2v) is 12.4. The quantitative estimate of drug-likeness (QED) is 0.254. The molecule has 0 unspecified atom stereocenters. The second-order valence-electron chi connectivity index (χ2n) is 12.0. The molecule has 2 aliphatic heterocycles. The zero-order valence-electron chi connectivity index (χ0n) is 24.5. The maximum Gasteiger partial charge on any atom is 0.254 e. The van der Waals surface area contributed by atoms with Crippen molar-refractivity contribution in [3.05, 3.63) is 70.2 Å². The van der Waals surface area contributed by atoms with Crippen LogP contribution in [0.4, 0.5) is 8.78 Å². The number of piperidine rings is 1. The van der Waals surface area contributed by atoms with E-state index < -0.39 is 17.2 Å². The van der Waals surface area contributed by atoms with Gasteiger partial charge in [-0.15, -0.1) is 5.10 Å². The van der Waals surface area contributed by atoms with Gasteiger partial charge in [0.2, 0.25) is 0 Å². The van der Waals surface area contributed by atoms with Crippen LogP contribution in [0.25, 0.3) is 33.3 Å². The fourth-order valence-corrected chi connectivity index (χ4v) is 7.05. The van der Waals surface area contributed by atoms with Crippen molar-refractivity contribution in [1.29, 1.82) is 5.26 Å². The summed E-state index contributed by atoms with van der Waals surface area (Å²) in [5, 5.41) is 28.3. The van der Waals surface area contributed by atoms with Gasteiger partial charge in [0.15, 0.2) is 5.82 Å². The minimum Gasteiger partial charge on any atom is -0.388 e. The number of fused-ring (bicyclic) bond motifs is 3. The van der Waals surface area contributed by atoms with Crippen LogP contribution < -0.4 is 5.73 Å². The Kier molecular flexibility index (Phi) is 7.91. The number of halogens is 3. The second kappa shape index (κ2) is 11.5. The van der Waals surface area contributed by atoms with Crippen LogP contribution in [0.2, 0.25) is 5.02 Å². The Morgan fingerprint density at radius 2 is 1.80 bits per heavy atom. The van der Waals surface area contributed by atoms with Crippen molar-refractivity contribution in [1.82, 2.24) is 19.9 Å². The van der Waals surface area contributed by atoms with E-state index >= 15 is 4.39 Å². The lowest BCUT2D eigenvalue weighted by atomic mass is 9.90. The van der Waals surface area contributed by atoms with Gasteiger partial charge in [-0.25, -0.2) is 13.5 Å². The van der Waals surface area contributed by atoms with Crippen molar-refractivity contribution in [2.45, 2.75) is 82.6 Å². The van der Waals surface area contributed by atoms with Gasteiger partial charge in [0.25, 0.3) is 5.91 Å². The Hall–Kier alpha value is -3.91. The van der Waals surface area contributed by atoms with Crippen LogP contribution in [0.15, 0.2) is 42.5 Å². The molecular weight excluding hydrogens is 586 g/mol. The molecular formula is C33H33ClF2N6O2. The average Bonchev–Trinajstić information content (AvgIpc) is 3.55.